The molecule has 3 rings (SSSR count). The first-order valence-corrected chi connectivity index (χ1v) is 8.05. The summed E-state index contributed by atoms with van der Waals surface area (Å²) in [4.78, 5) is 11.3. The third-order valence-corrected chi connectivity index (χ3v) is 4.65. The van der Waals surface area contributed by atoms with E-state index >= 15 is 0 Å². The minimum absolute atomic E-state index is 0.0685. The predicted molar refractivity (Wildman–Crippen MR) is 82.0 cm³/mol. The van der Waals surface area contributed by atoms with Gasteiger partial charge in [-0.25, -0.2) is 0 Å². The van der Waals surface area contributed by atoms with Crippen LogP contribution in [0.1, 0.15) is 35.2 Å². The van der Waals surface area contributed by atoms with Gasteiger partial charge in [-0.2, -0.15) is 0 Å². The average Bonchev–Trinajstić information content (AvgIpc) is 2.89. The molecule has 0 radical (unpaired) electrons. The zero-order valence-electron chi connectivity index (χ0n) is 12.1. The molecular formula is C16H19BrO4. The summed E-state index contributed by atoms with van der Waals surface area (Å²) in [6.07, 6.45) is 3.50. The second-order valence-electron chi connectivity index (χ2n) is 5.83. The van der Waals surface area contributed by atoms with Crippen LogP contribution in [-0.2, 0) is 9.47 Å². The zero-order valence-corrected chi connectivity index (χ0v) is 13.6. The number of rotatable bonds is 3. The van der Waals surface area contributed by atoms with Gasteiger partial charge in [-0.05, 0) is 24.6 Å². The normalized spacial score (nSPS) is 28.8. The molecule has 0 amide bonds. The predicted octanol–water partition coefficient (Wildman–Crippen LogP) is 3.29. The highest BCUT2D eigenvalue weighted by atomic mass is 79.9. The molecule has 2 aliphatic heterocycles. The van der Waals surface area contributed by atoms with E-state index in [-0.39, 0.29) is 11.7 Å². The van der Waals surface area contributed by atoms with Gasteiger partial charge in [-0.1, -0.05) is 15.9 Å². The number of benzene rings is 1. The maximum atomic E-state index is 11.3. The lowest BCUT2D eigenvalue weighted by molar-refractivity contribution is -0.112. The van der Waals surface area contributed by atoms with Crippen molar-refractivity contribution in [2.75, 3.05) is 19.8 Å². The van der Waals surface area contributed by atoms with E-state index in [1.165, 1.54) is 0 Å². The third-order valence-electron chi connectivity index (χ3n) is 4.19. The van der Waals surface area contributed by atoms with Crippen molar-refractivity contribution in [2.24, 2.45) is 0 Å². The van der Waals surface area contributed by atoms with Crippen molar-refractivity contribution < 1.29 is 19.0 Å². The number of hydrogen-bond acceptors (Lipinski definition) is 4. The van der Waals surface area contributed by atoms with Crippen molar-refractivity contribution in [2.45, 2.75) is 37.9 Å². The van der Waals surface area contributed by atoms with Crippen LogP contribution in [0.5, 0.6) is 5.75 Å². The van der Waals surface area contributed by atoms with Crippen LogP contribution >= 0.6 is 15.9 Å². The van der Waals surface area contributed by atoms with E-state index < -0.39 is 0 Å². The second-order valence-corrected chi connectivity index (χ2v) is 6.74. The highest BCUT2D eigenvalue weighted by Gasteiger charge is 2.42. The van der Waals surface area contributed by atoms with Crippen LogP contribution in [0, 0.1) is 6.92 Å². The molecule has 2 aliphatic rings. The van der Waals surface area contributed by atoms with Crippen LogP contribution in [0.15, 0.2) is 16.6 Å². The van der Waals surface area contributed by atoms with Crippen LogP contribution in [0.25, 0.3) is 0 Å². The fraction of sp³-hybridized carbons (Fsp3) is 0.562. The first-order valence-electron chi connectivity index (χ1n) is 7.26. The van der Waals surface area contributed by atoms with E-state index in [0.717, 1.165) is 42.2 Å². The molecule has 2 fully saturated rings. The largest absolute Gasteiger partial charge is 0.489 e. The first kappa shape index (κ1) is 15.0. The topological polar surface area (TPSA) is 44.8 Å². The fourth-order valence-corrected chi connectivity index (χ4v) is 3.71. The Morgan fingerprint density at radius 1 is 1.43 bits per heavy atom. The summed E-state index contributed by atoms with van der Waals surface area (Å²) in [5, 5.41) is 0. The highest BCUT2D eigenvalue weighted by molar-refractivity contribution is 9.10. The Bertz CT molecular complexity index is 537. The lowest BCUT2D eigenvalue weighted by Gasteiger charge is -2.37. The van der Waals surface area contributed by atoms with E-state index in [2.05, 4.69) is 15.9 Å². The molecule has 0 aromatic heterocycles. The van der Waals surface area contributed by atoms with E-state index in [0.29, 0.717) is 24.5 Å². The van der Waals surface area contributed by atoms with E-state index in [1.54, 1.807) is 6.07 Å². The van der Waals surface area contributed by atoms with Crippen molar-refractivity contribution in [3.8, 4) is 5.75 Å². The summed E-state index contributed by atoms with van der Waals surface area (Å²) in [6, 6.07) is 3.76. The number of hydrogen-bond donors (Lipinski definition) is 0. The number of aryl methyl sites for hydroxylation is 1. The van der Waals surface area contributed by atoms with E-state index in [9.17, 15) is 4.79 Å². The zero-order chi connectivity index (χ0) is 14.9. The third kappa shape index (κ3) is 3.15. The molecular weight excluding hydrogens is 336 g/mol. The van der Waals surface area contributed by atoms with Gasteiger partial charge in [0.05, 0.1) is 24.4 Å². The van der Waals surface area contributed by atoms with Gasteiger partial charge in [0.2, 0.25) is 0 Å². The summed E-state index contributed by atoms with van der Waals surface area (Å²) < 4.78 is 18.4. The SMILES string of the molecule is Cc1cc(Br)cc(C=O)c1OC1CCOC2(CCOC2)C1. The molecule has 2 saturated heterocycles. The smallest absolute Gasteiger partial charge is 0.153 e. The molecule has 4 nitrogen and oxygen atoms in total. The molecule has 1 spiro atoms. The standard InChI is InChI=1S/C16H19BrO4/c1-11-6-13(17)7-12(9-18)15(11)21-14-2-4-20-16(8-14)3-5-19-10-16/h6-7,9,14H,2-5,8,10H2,1H3. The Balaban J connectivity index is 1.78. The quantitative estimate of drug-likeness (QED) is 0.781. The Kier molecular flexibility index (Phi) is 4.33. The van der Waals surface area contributed by atoms with Gasteiger partial charge in [0.15, 0.2) is 6.29 Å². The van der Waals surface area contributed by atoms with Gasteiger partial charge in [0.1, 0.15) is 11.9 Å². The Morgan fingerprint density at radius 2 is 2.29 bits per heavy atom. The maximum Gasteiger partial charge on any atom is 0.153 e. The first-order chi connectivity index (χ1) is 10.1. The number of ether oxygens (including phenoxy) is 3. The van der Waals surface area contributed by atoms with Crippen LogP contribution in [0.2, 0.25) is 0 Å². The van der Waals surface area contributed by atoms with Crippen LogP contribution in [0.3, 0.4) is 0 Å². The van der Waals surface area contributed by atoms with E-state index in [1.807, 2.05) is 13.0 Å². The molecule has 21 heavy (non-hydrogen) atoms. The summed E-state index contributed by atoms with van der Waals surface area (Å²) in [6.45, 7) is 4.04. The number of carbonyl (C=O) groups excluding carboxylic acids is 1. The lowest BCUT2D eigenvalue weighted by atomic mass is 9.91. The number of carbonyl (C=O) groups is 1. The van der Waals surface area contributed by atoms with Gasteiger partial charge in [0.25, 0.3) is 0 Å². The van der Waals surface area contributed by atoms with Gasteiger partial charge in [0, 0.05) is 30.3 Å². The Labute approximate surface area is 132 Å². The molecule has 0 bridgehead atoms. The van der Waals surface area contributed by atoms with Gasteiger partial charge >= 0.3 is 0 Å². The van der Waals surface area contributed by atoms with Crippen LogP contribution in [0.4, 0.5) is 0 Å². The molecule has 0 aliphatic carbocycles. The van der Waals surface area contributed by atoms with Crippen molar-refractivity contribution in [1.82, 2.24) is 0 Å². The van der Waals surface area contributed by atoms with Crippen molar-refractivity contribution >= 4 is 22.2 Å². The molecule has 0 saturated carbocycles. The molecule has 1 aromatic carbocycles. The van der Waals surface area contributed by atoms with Crippen molar-refractivity contribution in [1.29, 1.82) is 0 Å². The van der Waals surface area contributed by atoms with Crippen LogP contribution in [-0.4, -0.2) is 37.8 Å². The molecule has 2 unspecified atom stereocenters. The minimum atomic E-state index is -0.187. The second kappa shape index (κ2) is 6.07. The van der Waals surface area contributed by atoms with Gasteiger partial charge < -0.3 is 14.2 Å². The molecule has 2 heterocycles. The summed E-state index contributed by atoms with van der Waals surface area (Å²) in [7, 11) is 0. The molecule has 5 heteroatoms. The molecule has 0 N–H and O–H groups in total. The lowest BCUT2D eigenvalue weighted by Crippen LogP contribution is -2.44. The highest BCUT2D eigenvalue weighted by Crippen LogP contribution is 2.36. The fourth-order valence-electron chi connectivity index (χ4n) is 3.12. The van der Waals surface area contributed by atoms with Gasteiger partial charge in [-0.15, -0.1) is 0 Å². The Morgan fingerprint density at radius 3 is 3.00 bits per heavy atom. The number of halogens is 1. The van der Waals surface area contributed by atoms with Gasteiger partial charge in [-0.3, -0.25) is 4.79 Å². The average molecular weight is 355 g/mol. The molecule has 114 valence electrons. The minimum Gasteiger partial charge on any atom is -0.489 e. The monoisotopic (exact) mass is 354 g/mol. The molecule has 2 atom stereocenters. The number of aldehydes is 1. The summed E-state index contributed by atoms with van der Waals surface area (Å²) >= 11 is 3.41. The summed E-state index contributed by atoms with van der Waals surface area (Å²) in [5.41, 5.74) is 1.37. The van der Waals surface area contributed by atoms with E-state index in [4.69, 9.17) is 14.2 Å². The van der Waals surface area contributed by atoms with Crippen LogP contribution < -0.4 is 4.74 Å². The summed E-state index contributed by atoms with van der Waals surface area (Å²) in [5.74, 6) is 0.689. The van der Waals surface area contributed by atoms with Crippen molar-refractivity contribution in [3.05, 3.63) is 27.7 Å². The Hall–Kier alpha value is -0.910. The molecule has 1 aromatic rings. The maximum absolute atomic E-state index is 11.3. The van der Waals surface area contributed by atoms with Crippen molar-refractivity contribution in [3.63, 3.8) is 0 Å².